The Balaban J connectivity index is 1.63. The molecule has 8 nitrogen and oxygen atoms in total. The highest BCUT2D eigenvalue weighted by Gasteiger charge is 2.28. The lowest BCUT2D eigenvalue weighted by atomic mass is 10.0. The molecule has 1 saturated heterocycles. The lowest BCUT2D eigenvalue weighted by Gasteiger charge is -2.29. The largest absolute Gasteiger partial charge is 0.378 e. The molecule has 1 aliphatic rings. The van der Waals surface area contributed by atoms with Crippen molar-refractivity contribution in [2.24, 2.45) is 0 Å². The van der Waals surface area contributed by atoms with Crippen molar-refractivity contribution in [2.45, 2.75) is 38.1 Å². The summed E-state index contributed by atoms with van der Waals surface area (Å²) in [5.41, 5.74) is 1.88. The highest BCUT2D eigenvalue weighted by atomic mass is 16.5. The van der Waals surface area contributed by atoms with Gasteiger partial charge in [0.25, 0.3) is 0 Å². The van der Waals surface area contributed by atoms with Crippen LogP contribution in [0.5, 0.6) is 0 Å². The molecule has 3 amide bonds. The quantitative estimate of drug-likeness (QED) is 0.610. The van der Waals surface area contributed by atoms with Crippen LogP contribution in [0.2, 0.25) is 0 Å². The van der Waals surface area contributed by atoms with Gasteiger partial charge in [0.2, 0.25) is 5.91 Å². The zero-order valence-corrected chi connectivity index (χ0v) is 18.8. The molecule has 1 heterocycles. The Morgan fingerprint density at radius 2 is 1.64 bits per heavy atom. The van der Waals surface area contributed by atoms with Gasteiger partial charge in [-0.3, -0.25) is 4.79 Å². The summed E-state index contributed by atoms with van der Waals surface area (Å²) in [5, 5.41) is 15.2. The Bertz CT molecular complexity index is 926. The first-order valence-corrected chi connectivity index (χ1v) is 11.1. The second kappa shape index (κ2) is 12.6. The van der Waals surface area contributed by atoms with Crippen LogP contribution in [0.3, 0.4) is 0 Å². The first-order valence-electron chi connectivity index (χ1n) is 11.1. The van der Waals surface area contributed by atoms with Crippen LogP contribution in [0.1, 0.15) is 18.1 Å². The summed E-state index contributed by atoms with van der Waals surface area (Å²) < 4.78 is 11.1. The van der Waals surface area contributed by atoms with E-state index in [1.54, 1.807) is 11.8 Å². The van der Waals surface area contributed by atoms with E-state index in [0.717, 1.165) is 11.1 Å². The Morgan fingerprint density at radius 1 is 1.03 bits per heavy atom. The molecule has 0 aliphatic carbocycles. The van der Waals surface area contributed by atoms with Gasteiger partial charge in [-0.1, -0.05) is 60.7 Å². The minimum Gasteiger partial charge on any atom is -0.378 e. The average molecular weight is 451 g/mol. The molecule has 0 bridgehead atoms. The first-order chi connectivity index (χ1) is 16.1. The molecule has 33 heavy (non-hydrogen) atoms. The SMILES string of the molecule is C[C@@H](OCc1ccccc1)[C@@H](C#N)NC(=O)[C@H](Cc1ccccc1)NC(=O)N1CCOCC1. The van der Waals surface area contributed by atoms with E-state index in [9.17, 15) is 14.9 Å². The number of benzene rings is 2. The number of hydrogen-bond acceptors (Lipinski definition) is 5. The van der Waals surface area contributed by atoms with Gasteiger partial charge in [-0.15, -0.1) is 0 Å². The van der Waals surface area contributed by atoms with Crippen LogP contribution in [-0.4, -0.2) is 61.3 Å². The number of urea groups is 1. The molecule has 0 aromatic heterocycles. The van der Waals surface area contributed by atoms with Crippen molar-refractivity contribution < 1.29 is 19.1 Å². The molecular formula is C25H30N4O4. The van der Waals surface area contributed by atoms with Gasteiger partial charge >= 0.3 is 6.03 Å². The number of morpholine rings is 1. The van der Waals surface area contributed by atoms with Crippen LogP contribution in [0, 0.1) is 11.3 Å². The zero-order chi connectivity index (χ0) is 23.5. The average Bonchev–Trinajstić information content (AvgIpc) is 2.87. The third kappa shape index (κ3) is 7.59. The van der Waals surface area contributed by atoms with Crippen LogP contribution < -0.4 is 10.6 Å². The number of carbonyl (C=O) groups excluding carboxylic acids is 2. The number of nitriles is 1. The number of hydrogen-bond donors (Lipinski definition) is 2. The van der Waals surface area contributed by atoms with Crippen LogP contribution >= 0.6 is 0 Å². The number of nitrogens with zero attached hydrogens (tertiary/aromatic N) is 2. The molecule has 0 radical (unpaired) electrons. The highest BCUT2D eigenvalue weighted by Crippen LogP contribution is 2.09. The van der Waals surface area contributed by atoms with Crippen molar-refractivity contribution in [3.8, 4) is 6.07 Å². The van der Waals surface area contributed by atoms with Gasteiger partial charge < -0.3 is 25.0 Å². The van der Waals surface area contributed by atoms with E-state index in [1.165, 1.54) is 0 Å². The van der Waals surface area contributed by atoms with Gasteiger partial charge in [0.15, 0.2) is 0 Å². The number of nitrogens with one attached hydrogen (secondary N) is 2. The van der Waals surface area contributed by atoms with Crippen molar-refractivity contribution in [1.29, 1.82) is 5.26 Å². The molecule has 0 spiro atoms. The second-order valence-electron chi connectivity index (χ2n) is 7.91. The van der Waals surface area contributed by atoms with Crippen molar-refractivity contribution in [3.05, 3.63) is 71.8 Å². The van der Waals surface area contributed by atoms with Crippen LogP contribution in [0.4, 0.5) is 4.79 Å². The molecule has 2 aromatic rings. The summed E-state index contributed by atoms with van der Waals surface area (Å²) in [6.45, 7) is 3.95. The van der Waals surface area contributed by atoms with Crippen molar-refractivity contribution in [1.82, 2.24) is 15.5 Å². The Hall–Kier alpha value is -3.41. The molecule has 2 N–H and O–H groups in total. The zero-order valence-electron chi connectivity index (χ0n) is 18.8. The Labute approximate surface area is 194 Å². The Morgan fingerprint density at radius 3 is 2.24 bits per heavy atom. The maximum Gasteiger partial charge on any atom is 0.318 e. The third-order valence-electron chi connectivity index (χ3n) is 5.46. The first kappa shape index (κ1) is 24.2. The monoisotopic (exact) mass is 450 g/mol. The van der Waals surface area contributed by atoms with E-state index in [0.29, 0.717) is 39.3 Å². The van der Waals surface area contributed by atoms with Gasteiger partial charge in [0.05, 0.1) is 32.0 Å². The third-order valence-corrected chi connectivity index (χ3v) is 5.46. The van der Waals surface area contributed by atoms with Gasteiger partial charge in [0, 0.05) is 19.5 Å². The molecule has 3 atom stereocenters. The number of rotatable bonds is 9. The highest BCUT2D eigenvalue weighted by molar-refractivity contribution is 5.87. The van der Waals surface area contributed by atoms with E-state index in [4.69, 9.17) is 9.47 Å². The smallest absolute Gasteiger partial charge is 0.318 e. The fraction of sp³-hybridized carbons (Fsp3) is 0.400. The van der Waals surface area contributed by atoms with Crippen molar-refractivity contribution in [3.63, 3.8) is 0 Å². The van der Waals surface area contributed by atoms with Gasteiger partial charge in [0.1, 0.15) is 12.1 Å². The Kier molecular flexibility index (Phi) is 9.24. The molecule has 0 saturated carbocycles. The number of carbonyl (C=O) groups is 2. The van der Waals surface area contributed by atoms with Crippen molar-refractivity contribution in [2.75, 3.05) is 26.3 Å². The minimum atomic E-state index is -0.861. The standard InChI is InChI=1S/C25H30N4O4/c1-19(33-18-21-10-6-3-7-11-21)23(17-26)27-24(30)22(16-20-8-4-2-5-9-20)28-25(31)29-12-14-32-15-13-29/h2-11,19,22-23H,12-16,18H2,1H3,(H,27,30)(H,28,31)/t19-,22+,23-/m1/s1. The summed E-state index contributed by atoms with van der Waals surface area (Å²) in [6.07, 6.45) is -0.230. The molecule has 0 unspecified atom stereocenters. The summed E-state index contributed by atoms with van der Waals surface area (Å²) in [5.74, 6) is -0.429. The van der Waals surface area contributed by atoms with E-state index in [1.807, 2.05) is 60.7 Å². The minimum absolute atomic E-state index is 0.306. The van der Waals surface area contributed by atoms with E-state index in [2.05, 4.69) is 16.7 Å². The van der Waals surface area contributed by atoms with Crippen LogP contribution in [-0.2, 0) is 27.3 Å². The normalized spacial score (nSPS) is 16.2. The summed E-state index contributed by atoms with van der Waals surface area (Å²) in [7, 11) is 0. The number of ether oxygens (including phenoxy) is 2. The predicted octanol–water partition coefficient (Wildman–Crippen LogP) is 2.25. The summed E-state index contributed by atoms with van der Waals surface area (Å²) in [4.78, 5) is 27.5. The van der Waals surface area contributed by atoms with Crippen LogP contribution in [0.25, 0.3) is 0 Å². The molecule has 1 fully saturated rings. The second-order valence-corrected chi connectivity index (χ2v) is 7.91. The lowest BCUT2D eigenvalue weighted by Crippen LogP contribution is -2.56. The summed E-state index contributed by atoms with van der Waals surface area (Å²) >= 11 is 0. The van der Waals surface area contributed by atoms with E-state index in [-0.39, 0.29) is 6.03 Å². The maximum atomic E-state index is 13.1. The lowest BCUT2D eigenvalue weighted by molar-refractivity contribution is -0.124. The van der Waals surface area contributed by atoms with E-state index >= 15 is 0 Å². The fourth-order valence-corrected chi connectivity index (χ4v) is 3.47. The fourth-order valence-electron chi connectivity index (χ4n) is 3.47. The molecular weight excluding hydrogens is 420 g/mol. The molecule has 1 aliphatic heterocycles. The molecule has 174 valence electrons. The predicted molar refractivity (Wildman–Crippen MR) is 123 cm³/mol. The van der Waals surface area contributed by atoms with Gasteiger partial charge in [-0.25, -0.2) is 4.79 Å². The molecule has 3 rings (SSSR count). The van der Waals surface area contributed by atoms with Crippen LogP contribution in [0.15, 0.2) is 60.7 Å². The topological polar surface area (TPSA) is 104 Å². The van der Waals surface area contributed by atoms with E-state index < -0.39 is 24.1 Å². The summed E-state index contributed by atoms with van der Waals surface area (Å²) in [6, 6.07) is 19.2. The number of amides is 3. The van der Waals surface area contributed by atoms with Crippen molar-refractivity contribution >= 4 is 11.9 Å². The van der Waals surface area contributed by atoms with Gasteiger partial charge in [-0.05, 0) is 18.1 Å². The van der Waals surface area contributed by atoms with Gasteiger partial charge in [-0.2, -0.15) is 5.26 Å². The maximum absolute atomic E-state index is 13.1. The molecule has 2 aromatic carbocycles. The molecule has 8 heteroatoms.